The third-order valence-electron chi connectivity index (χ3n) is 14.7. The van der Waals surface area contributed by atoms with E-state index in [0.717, 1.165) is 25.7 Å². The van der Waals surface area contributed by atoms with Gasteiger partial charge in [-0.15, -0.1) is 0 Å². The van der Waals surface area contributed by atoms with Gasteiger partial charge in [-0.25, -0.2) is 0 Å². The maximum atomic E-state index is 13.3. The first-order valence-corrected chi connectivity index (χ1v) is 17.8. The van der Waals surface area contributed by atoms with Crippen molar-refractivity contribution in [3.63, 3.8) is 0 Å². The maximum absolute atomic E-state index is 13.3. The molecule has 12 atom stereocenters. The van der Waals surface area contributed by atoms with Crippen LogP contribution in [0.1, 0.15) is 107 Å². The van der Waals surface area contributed by atoms with Gasteiger partial charge in [-0.3, -0.25) is 14.4 Å². The first-order chi connectivity index (χ1) is 21.4. The summed E-state index contributed by atoms with van der Waals surface area (Å²) >= 11 is 0. The maximum Gasteiger partial charge on any atom is 0.323 e. The number of carboxylic acids is 1. The molecule has 0 aromatic heterocycles. The molecule has 5 aliphatic rings. The second-order valence-corrected chi connectivity index (χ2v) is 17.1. The molecule has 9 nitrogen and oxygen atoms in total. The molecule has 2 bridgehead atoms. The van der Waals surface area contributed by atoms with Crippen LogP contribution in [0.15, 0.2) is 11.6 Å². The van der Waals surface area contributed by atoms with Crippen molar-refractivity contribution in [2.45, 2.75) is 125 Å². The Hall–Kier alpha value is -1.97. The van der Waals surface area contributed by atoms with Crippen molar-refractivity contribution in [1.82, 2.24) is 0 Å². The van der Waals surface area contributed by atoms with Crippen LogP contribution in [0.3, 0.4) is 0 Å². The average molecular weight is 645 g/mol. The minimum absolute atomic E-state index is 0.152. The van der Waals surface area contributed by atoms with E-state index in [0.29, 0.717) is 51.4 Å². The van der Waals surface area contributed by atoms with E-state index in [1.807, 2.05) is 0 Å². The number of allylic oxidation sites excluding steroid dienone is 1. The van der Waals surface area contributed by atoms with Gasteiger partial charge >= 0.3 is 17.9 Å². The van der Waals surface area contributed by atoms with Gasteiger partial charge in [0.05, 0.1) is 19.1 Å². The number of aliphatic carboxylic acids is 1. The van der Waals surface area contributed by atoms with Gasteiger partial charge in [0, 0.05) is 17.8 Å². The Balaban J connectivity index is 1.56. The molecule has 46 heavy (non-hydrogen) atoms. The Bertz CT molecular complexity index is 1250. The lowest BCUT2D eigenvalue weighted by atomic mass is 9.34. The Morgan fingerprint density at radius 3 is 2.35 bits per heavy atom. The summed E-state index contributed by atoms with van der Waals surface area (Å²) in [5.74, 6) is -1.05. The average Bonchev–Trinajstić information content (AvgIpc) is 2.97. The summed E-state index contributed by atoms with van der Waals surface area (Å²) in [5.41, 5.74) is 11.3. The summed E-state index contributed by atoms with van der Waals surface area (Å²) in [7, 11) is 0. The predicted octanol–water partition coefficient (Wildman–Crippen LogP) is 5.48. The van der Waals surface area contributed by atoms with Crippen LogP contribution in [0.5, 0.6) is 0 Å². The van der Waals surface area contributed by atoms with Gasteiger partial charge in [-0.2, -0.15) is 0 Å². The number of carboxylic acid groups (broad SMARTS) is 1. The fourth-order valence-corrected chi connectivity index (χ4v) is 11.8. The highest BCUT2D eigenvalue weighted by Gasteiger charge is 2.72. The highest BCUT2D eigenvalue weighted by atomic mass is 16.6. The van der Waals surface area contributed by atoms with Crippen LogP contribution < -0.4 is 11.5 Å². The number of hydrogen-bond donors (Lipinski definition) is 3. The molecular formula is C37H60N2O7. The fourth-order valence-electron chi connectivity index (χ4n) is 11.8. The minimum atomic E-state index is -0.798. The van der Waals surface area contributed by atoms with E-state index in [2.05, 4.69) is 54.5 Å². The molecule has 0 amide bonds. The van der Waals surface area contributed by atoms with Crippen LogP contribution in [0.2, 0.25) is 0 Å². The standard InChI is InChI=1S/C37H60N2O7/c1-21(2)22(3)33(5)15-16-35(7)24-11-12-28-34(6)19-44-20-37(28,25(24)13-14-36(35,8)29(33)31(41)42)18-27(45-23(4)40)30(34)46-32(43)26(39)10-9-17-38/h13,21-22,24,26-30H,9-12,14-20,38-39H2,1-8H3,(H,41,42)/t22?,24-,26?,27+,28-,29+,30-,33+,34+,35+,36-,37+/m0/s1. The summed E-state index contributed by atoms with van der Waals surface area (Å²) in [5, 5.41) is 10.9. The molecule has 0 aromatic carbocycles. The molecule has 260 valence electrons. The van der Waals surface area contributed by atoms with Crippen molar-refractivity contribution in [2.75, 3.05) is 19.8 Å². The van der Waals surface area contributed by atoms with Crippen molar-refractivity contribution in [3.8, 4) is 0 Å². The van der Waals surface area contributed by atoms with E-state index in [1.165, 1.54) is 12.5 Å². The molecule has 9 heteroatoms. The number of rotatable bonds is 9. The van der Waals surface area contributed by atoms with E-state index in [1.54, 1.807) is 0 Å². The van der Waals surface area contributed by atoms with Crippen molar-refractivity contribution in [2.24, 2.45) is 68.1 Å². The highest BCUT2D eigenvalue weighted by Crippen LogP contribution is 2.75. The van der Waals surface area contributed by atoms with E-state index in [9.17, 15) is 19.5 Å². The molecule has 3 saturated carbocycles. The lowest BCUT2D eigenvalue weighted by molar-refractivity contribution is -0.263. The van der Waals surface area contributed by atoms with E-state index in [4.69, 9.17) is 25.7 Å². The van der Waals surface area contributed by atoms with E-state index in [-0.39, 0.29) is 28.6 Å². The molecule has 0 radical (unpaired) electrons. The van der Waals surface area contributed by atoms with Crippen molar-refractivity contribution >= 4 is 17.9 Å². The monoisotopic (exact) mass is 644 g/mol. The number of carbonyl (C=O) groups is 3. The predicted molar refractivity (Wildman–Crippen MR) is 175 cm³/mol. The molecule has 1 heterocycles. The second-order valence-electron chi connectivity index (χ2n) is 17.1. The van der Waals surface area contributed by atoms with Crippen molar-refractivity contribution < 1.29 is 33.7 Å². The van der Waals surface area contributed by atoms with Crippen molar-refractivity contribution in [3.05, 3.63) is 11.6 Å². The normalized spacial score (nSPS) is 44.5. The number of ether oxygens (including phenoxy) is 3. The quantitative estimate of drug-likeness (QED) is 0.219. The Morgan fingerprint density at radius 2 is 1.74 bits per heavy atom. The van der Waals surface area contributed by atoms with Gasteiger partial charge in [0.1, 0.15) is 18.2 Å². The molecular weight excluding hydrogens is 584 g/mol. The molecule has 0 aromatic rings. The van der Waals surface area contributed by atoms with Crippen molar-refractivity contribution in [1.29, 1.82) is 0 Å². The summed E-state index contributed by atoms with van der Waals surface area (Å²) in [6, 6.07) is -0.798. The van der Waals surface area contributed by atoms with Gasteiger partial charge in [-0.05, 0) is 97.8 Å². The van der Waals surface area contributed by atoms with Crippen LogP contribution in [-0.4, -0.2) is 61.0 Å². The van der Waals surface area contributed by atoms with Gasteiger partial charge in [0.15, 0.2) is 0 Å². The molecule has 5 N–H and O–H groups in total. The molecule has 4 aliphatic carbocycles. The van der Waals surface area contributed by atoms with Gasteiger partial charge < -0.3 is 30.8 Å². The number of esters is 2. The summed E-state index contributed by atoms with van der Waals surface area (Å²) in [6.07, 6.45) is 6.98. The van der Waals surface area contributed by atoms with Gasteiger partial charge in [-0.1, -0.05) is 60.1 Å². The first-order valence-electron chi connectivity index (χ1n) is 17.8. The number of nitrogens with two attached hydrogens (primary N) is 2. The molecule has 2 unspecified atom stereocenters. The number of hydrogen-bond acceptors (Lipinski definition) is 8. The van der Waals surface area contributed by atoms with E-state index >= 15 is 0 Å². The zero-order valence-corrected chi connectivity index (χ0v) is 29.5. The van der Waals surface area contributed by atoms with Gasteiger partial charge in [0.25, 0.3) is 0 Å². The Kier molecular flexibility index (Phi) is 9.35. The number of fused-ring (bicyclic) bond motifs is 3. The van der Waals surface area contributed by atoms with Gasteiger partial charge in [0.2, 0.25) is 0 Å². The first kappa shape index (κ1) is 35.3. The van der Waals surface area contributed by atoms with Crippen LogP contribution in [0.4, 0.5) is 0 Å². The molecule has 1 saturated heterocycles. The van der Waals surface area contributed by atoms with Crippen LogP contribution in [0.25, 0.3) is 0 Å². The molecule has 5 rings (SSSR count). The SMILES string of the molecule is CC(=O)O[C@@H]1C[C@]23COC[C@](C)([C@@H]2CC[C@H]2C3=CC[C@@]3(C)[C@H](C(=O)O)[C@@](C)(C(C)C(C)C)CC[C@]23C)[C@H]1OC(=O)C(N)CCCN. The largest absolute Gasteiger partial charge is 0.481 e. The lowest BCUT2D eigenvalue weighted by Crippen LogP contribution is -2.70. The van der Waals surface area contributed by atoms with Crippen LogP contribution in [0, 0.1) is 56.7 Å². The number of carbonyl (C=O) groups excluding carboxylic acids is 2. The zero-order valence-electron chi connectivity index (χ0n) is 29.5. The Labute approximate surface area is 275 Å². The highest BCUT2D eigenvalue weighted by molar-refractivity contribution is 5.76. The van der Waals surface area contributed by atoms with Crippen LogP contribution in [-0.2, 0) is 28.6 Å². The second kappa shape index (κ2) is 12.2. The smallest absolute Gasteiger partial charge is 0.323 e. The Morgan fingerprint density at radius 1 is 1.04 bits per heavy atom. The molecule has 0 spiro atoms. The molecule has 4 fully saturated rings. The molecule has 1 aliphatic heterocycles. The van der Waals surface area contributed by atoms with E-state index < -0.39 is 58.3 Å². The topological polar surface area (TPSA) is 151 Å². The third-order valence-corrected chi connectivity index (χ3v) is 14.7. The lowest BCUT2D eigenvalue weighted by Gasteiger charge is -2.71. The van der Waals surface area contributed by atoms with Crippen LogP contribution >= 0.6 is 0 Å². The summed E-state index contributed by atoms with van der Waals surface area (Å²) < 4.78 is 18.7. The summed E-state index contributed by atoms with van der Waals surface area (Å²) in [4.78, 5) is 39.1. The zero-order chi connectivity index (χ0) is 34.0. The third kappa shape index (κ3) is 5.08. The summed E-state index contributed by atoms with van der Waals surface area (Å²) in [6.45, 7) is 18.4. The fraction of sp³-hybridized carbons (Fsp3) is 0.865. The minimum Gasteiger partial charge on any atom is -0.481 e.